The highest BCUT2D eigenvalue weighted by Gasteiger charge is 2.06. The van der Waals surface area contributed by atoms with Gasteiger partial charge >= 0.3 is 0 Å². The minimum absolute atomic E-state index is 0.786. The lowest BCUT2D eigenvalue weighted by Crippen LogP contribution is -1.93. The van der Waals surface area contributed by atoms with Crippen LogP contribution in [-0.2, 0) is 0 Å². The van der Waals surface area contributed by atoms with Crippen LogP contribution in [-0.4, -0.2) is 0 Å². The molecule has 0 heteroatoms. The van der Waals surface area contributed by atoms with Gasteiger partial charge in [0, 0.05) is 0 Å². The maximum absolute atomic E-state index is 2.30. The van der Waals surface area contributed by atoms with E-state index in [0.29, 0.717) is 0 Å². The van der Waals surface area contributed by atoms with Crippen LogP contribution in [0.2, 0.25) is 0 Å². The van der Waals surface area contributed by atoms with Gasteiger partial charge in [0.1, 0.15) is 0 Å². The van der Waals surface area contributed by atoms with Gasteiger partial charge in [0.25, 0.3) is 0 Å². The van der Waals surface area contributed by atoms with E-state index in [-0.39, 0.29) is 0 Å². The summed E-state index contributed by atoms with van der Waals surface area (Å²) in [6.07, 6.45) is 7.10. The van der Waals surface area contributed by atoms with Crippen LogP contribution in [0.5, 0.6) is 0 Å². The van der Waals surface area contributed by atoms with Crippen LogP contribution >= 0.6 is 0 Å². The average molecular weight is 136 g/mol. The van der Waals surface area contributed by atoms with E-state index in [1.807, 2.05) is 0 Å². The molecule has 1 unspecified atom stereocenters. The molecule has 0 aromatic rings. The minimum Gasteiger partial charge on any atom is -0.0733 e. The Morgan fingerprint density at radius 2 is 2.00 bits per heavy atom. The highest BCUT2D eigenvalue weighted by atomic mass is 14.1. The number of allylic oxidation sites excluding steroid dienone is 4. The lowest BCUT2D eigenvalue weighted by molar-refractivity contribution is 0.617. The van der Waals surface area contributed by atoms with Crippen molar-refractivity contribution in [3.63, 3.8) is 0 Å². The largest absolute Gasteiger partial charge is 0.0733 e. The van der Waals surface area contributed by atoms with E-state index in [9.17, 15) is 0 Å². The summed E-state index contributed by atoms with van der Waals surface area (Å²) in [6.45, 7) is 6.74. The molecule has 0 fully saturated rings. The Balaban J connectivity index is 2.70. The van der Waals surface area contributed by atoms with E-state index >= 15 is 0 Å². The van der Waals surface area contributed by atoms with Crippen molar-refractivity contribution >= 4 is 0 Å². The predicted molar refractivity (Wildman–Crippen MR) is 45.9 cm³/mol. The van der Waals surface area contributed by atoms with E-state index < -0.39 is 0 Å². The van der Waals surface area contributed by atoms with E-state index in [1.165, 1.54) is 24.0 Å². The SMILES string of the molecule is CC1=CC=C(C)C(C)CC1. The topological polar surface area (TPSA) is 0 Å². The van der Waals surface area contributed by atoms with Crippen LogP contribution in [0.25, 0.3) is 0 Å². The summed E-state index contributed by atoms with van der Waals surface area (Å²) in [5, 5.41) is 0. The van der Waals surface area contributed by atoms with Gasteiger partial charge in [0.2, 0.25) is 0 Å². The molecule has 0 N–H and O–H groups in total. The maximum atomic E-state index is 2.30. The van der Waals surface area contributed by atoms with Gasteiger partial charge in [-0.3, -0.25) is 0 Å². The quantitative estimate of drug-likeness (QED) is 0.479. The molecule has 1 atom stereocenters. The first-order chi connectivity index (χ1) is 4.70. The molecule has 0 amide bonds. The van der Waals surface area contributed by atoms with Crippen LogP contribution in [0.4, 0.5) is 0 Å². The molecular weight excluding hydrogens is 120 g/mol. The van der Waals surface area contributed by atoms with Gasteiger partial charge in [-0.1, -0.05) is 30.2 Å². The van der Waals surface area contributed by atoms with Crippen molar-refractivity contribution in [2.75, 3.05) is 0 Å². The zero-order valence-corrected chi connectivity index (χ0v) is 7.15. The van der Waals surface area contributed by atoms with Crippen molar-refractivity contribution in [1.29, 1.82) is 0 Å². The molecule has 0 aromatic carbocycles. The highest BCUT2D eigenvalue weighted by molar-refractivity contribution is 5.19. The maximum Gasteiger partial charge on any atom is -0.0228 e. The summed E-state index contributed by atoms with van der Waals surface area (Å²) in [6, 6.07) is 0. The Morgan fingerprint density at radius 1 is 1.30 bits per heavy atom. The molecule has 1 aliphatic rings. The number of rotatable bonds is 0. The molecule has 0 heterocycles. The van der Waals surface area contributed by atoms with Crippen molar-refractivity contribution in [1.82, 2.24) is 0 Å². The zero-order chi connectivity index (χ0) is 7.56. The van der Waals surface area contributed by atoms with Crippen LogP contribution in [0, 0.1) is 5.92 Å². The molecule has 10 heavy (non-hydrogen) atoms. The molecule has 0 radical (unpaired) electrons. The first-order valence-electron chi connectivity index (χ1n) is 4.04. The molecule has 0 saturated carbocycles. The fraction of sp³-hybridized carbons (Fsp3) is 0.600. The Kier molecular flexibility index (Phi) is 2.31. The van der Waals surface area contributed by atoms with Crippen LogP contribution in [0.15, 0.2) is 23.3 Å². The van der Waals surface area contributed by atoms with Gasteiger partial charge in [-0.2, -0.15) is 0 Å². The third-order valence-electron chi connectivity index (χ3n) is 2.38. The Hall–Kier alpha value is -0.520. The molecular formula is C10H16. The summed E-state index contributed by atoms with van der Waals surface area (Å²) in [5.74, 6) is 0.786. The first kappa shape index (κ1) is 7.59. The van der Waals surface area contributed by atoms with Gasteiger partial charge in [-0.15, -0.1) is 0 Å². The minimum atomic E-state index is 0.786. The van der Waals surface area contributed by atoms with E-state index in [2.05, 4.69) is 32.9 Å². The highest BCUT2D eigenvalue weighted by Crippen LogP contribution is 2.22. The summed E-state index contributed by atoms with van der Waals surface area (Å²) in [5.41, 5.74) is 3.04. The second kappa shape index (κ2) is 3.05. The predicted octanol–water partition coefficient (Wildman–Crippen LogP) is 3.31. The van der Waals surface area contributed by atoms with Crippen molar-refractivity contribution in [2.24, 2.45) is 5.92 Å². The number of hydrogen-bond acceptors (Lipinski definition) is 0. The van der Waals surface area contributed by atoms with E-state index in [0.717, 1.165) is 5.92 Å². The van der Waals surface area contributed by atoms with Gasteiger partial charge < -0.3 is 0 Å². The lowest BCUT2D eigenvalue weighted by Gasteiger charge is -2.07. The second-order valence-corrected chi connectivity index (χ2v) is 3.36. The lowest BCUT2D eigenvalue weighted by atomic mass is 9.98. The summed E-state index contributed by atoms with van der Waals surface area (Å²) in [7, 11) is 0. The van der Waals surface area contributed by atoms with Crippen molar-refractivity contribution in [2.45, 2.75) is 33.6 Å². The summed E-state index contributed by atoms with van der Waals surface area (Å²) >= 11 is 0. The standard InChI is InChI=1S/C10H16/c1-8-4-6-9(2)10(3)7-5-8/h4,6,10H,5,7H2,1-3H3. The van der Waals surface area contributed by atoms with Crippen LogP contribution < -0.4 is 0 Å². The Labute approximate surface area is 63.6 Å². The fourth-order valence-electron chi connectivity index (χ4n) is 1.19. The normalized spacial score (nSPS) is 26.9. The smallest absolute Gasteiger partial charge is 0.0228 e. The van der Waals surface area contributed by atoms with Gasteiger partial charge in [-0.25, -0.2) is 0 Å². The fourth-order valence-corrected chi connectivity index (χ4v) is 1.19. The average Bonchev–Trinajstić information content (AvgIpc) is 2.04. The summed E-state index contributed by atoms with van der Waals surface area (Å²) < 4.78 is 0. The first-order valence-corrected chi connectivity index (χ1v) is 4.04. The third kappa shape index (κ3) is 1.73. The second-order valence-electron chi connectivity index (χ2n) is 3.36. The summed E-state index contributed by atoms with van der Waals surface area (Å²) in [4.78, 5) is 0. The van der Waals surface area contributed by atoms with Gasteiger partial charge in [0.05, 0.1) is 0 Å². The van der Waals surface area contributed by atoms with E-state index in [1.54, 1.807) is 0 Å². The Morgan fingerprint density at radius 3 is 2.70 bits per heavy atom. The molecule has 0 bridgehead atoms. The molecule has 1 rings (SSSR count). The molecule has 0 aliphatic heterocycles. The zero-order valence-electron chi connectivity index (χ0n) is 7.15. The molecule has 1 aliphatic carbocycles. The van der Waals surface area contributed by atoms with Crippen LogP contribution in [0.3, 0.4) is 0 Å². The third-order valence-corrected chi connectivity index (χ3v) is 2.38. The molecule has 56 valence electrons. The molecule has 0 aromatic heterocycles. The van der Waals surface area contributed by atoms with Crippen molar-refractivity contribution in [3.05, 3.63) is 23.3 Å². The van der Waals surface area contributed by atoms with Crippen molar-refractivity contribution < 1.29 is 0 Å². The number of hydrogen-bond donors (Lipinski definition) is 0. The molecule has 0 nitrogen and oxygen atoms in total. The molecule has 0 spiro atoms. The van der Waals surface area contributed by atoms with Crippen LogP contribution in [0.1, 0.15) is 33.6 Å². The van der Waals surface area contributed by atoms with E-state index in [4.69, 9.17) is 0 Å². The monoisotopic (exact) mass is 136 g/mol. The molecule has 0 saturated heterocycles. The van der Waals surface area contributed by atoms with Gasteiger partial charge in [-0.05, 0) is 32.6 Å². The van der Waals surface area contributed by atoms with Gasteiger partial charge in [0.15, 0.2) is 0 Å². The Bertz CT molecular complexity index is 172. The van der Waals surface area contributed by atoms with Crippen molar-refractivity contribution in [3.8, 4) is 0 Å².